The largest absolute Gasteiger partial charge is 0.338 e. The highest BCUT2D eigenvalue weighted by molar-refractivity contribution is 5.91. The Bertz CT molecular complexity index is 730. The fourth-order valence-electron chi connectivity index (χ4n) is 3.24. The lowest BCUT2D eigenvalue weighted by molar-refractivity contribution is -0.121. The summed E-state index contributed by atoms with van der Waals surface area (Å²) in [4.78, 5) is 23.6. The molecule has 1 N–H and O–H groups in total. The number of carbonyl (C=O) groups is 1. The second kappa shape index (κ2) is 8.89. The number of nitrogens with one attached hydrogen (secondary N) is 1. The van der Waals surface area contributed by atoms with Crippen molar-refractivity contribution in [3.63, 3.8) is 0 Å². The van der Waals surface area contributed by atoms with E-state index in [9.17, 15) is 4.79 Å². The molecule has 1 unspecified atom stereocenters. The van der Waals surface area contributed by atoms with Crippen LogP contribution in [0.5, 0.6) is 0 Å². The molecule has 0 saturated carbocycles. The number of piperidine rings is 1. The van der Waals surface area contributed by atoms with Gasteiger partial charge < -0.3 is 9.84 Å². The first-order valence-corrected chi connectivity index (χ1v) is 9.42. The van der Waals surface area contributed by atoms with Gasteiger partial charge in [0.15, 0.2) is 5.82 Å². The van der Waals surface area contributed by atoms with Gasteiger partial charge in [-0.1, -0.05) is 24.6 Å². The summed E-state index contributed by atoms with van der Waals surface area (Å²) < 4.78 is 5.36. The third kappa shape index (κ3) is 5.11. The van der Waals surface area contributed by atoms with Crippen LogP contribution in [0.1, 0.15) is 50.0 Å². The van der Waals surface area contributed by atoms with Crippen LogP contribution in [0.3, 0.4) is 0 Å². The Hall–Kier alpha value is -2.28. The van der Waals surface area contributed by atoms with Gasteiger partial charge in [0.05, 0.1) is 12.5 Å². The quantitative estimate of drug-likeness (QED) is 0.820. The minimum atomic E-state index is -0.0476. The molecule has 26 heavy (non-hydrogen) atoms. The normalized spacial score (nSPS) is 18.0. The SMILES string of the molecule is CCCCc1noc(CN2CCCC(C(=O)Nc3cccc(C)n3)C2)n1. The molecule has 2 aromatic rings. The average molecular weight is 357 g/mol. The lowest BCUT2D eigenvalue weighted by Gasteiger charge is -2.30. The molecular weight excluding hydrogens is 330 g/mol. The van der Waals surface area contributed by atoms with E-state index in [0.717, 1.165) is 50.2 Å². The summed E-state index contributed by atoms with van der Waals surface area (Å²) in [6.07, 6.45) is 4.91. The predicted molar refractivity (Wildman–Crippen MR) is 98.5 cm³/mol. The van der Waals surface area contributed by atoms with Crippen molar-refractivity contribution in [1.82, 2.24) is 20.0 Å². The minimum Gasteiger partial charge on any atom is -0.338 e. The Morgan fingerprint density at radius 3 is 3.08 bits per heavy atom. The molecule has 7 heteroatoms. The Kier molecular flexibility index (Phi) is 6.33. The van der Waals surface area contributed by atoms with Gasteiger partial charge in [0.25, 0.3) is 0 Å². The highest BCUT2D eigenvalue weighted by Gasteiger charge is 2.27. The zero-order valence-electron chi connectivity index (χ0n) is 15.6. The maximum absolute atomic E-state index is 12.6. The number of unbranched alkanes of at least 4 members (excludes halogenated alkanes) is 1. The average Bonchev–Trinajstić information content (AvgIpc) is 3.07. The van der Waals surface area contributed by atoms with Crippen molar-refractivity contribution in [2.45, 2.75) is 52.5 Å². The fourth-order valence-corrected chi connectivity index (χ4v) is 3.24. The number of pyridine rings is 1. The maximum atomic E-state index is 12.6. The van der Waals surface area contributed by atoms with Crippen LogP contribution in [-0.4, -0.2) is 39.0 Å². The lowest BCUT2D eigenvalue weighted by Crippen LogP contribution is -2.40. The van der Waals surface area contributed by atoms with Crippen LogP contribution in [0.2, 0.25) is 0 Å². The monoisotopic (exact) mass is 357 g/mol. The zero-order chi connectivity index (χ0) is 18.4. The third-order valence-corrected chi connectivity index (χ3v) is 4.64. The molecular formula is C19H27N5O2. The van der Waals surface area contributed by atoms with Crippen LogP contribution in [0, 0.1) is 12.8 Å². The summed E-state index contributed by atoms with van der Waals surface area (Å²) in [6.45, 7) is 6.30. The third-order valence-electron chi connectivity index (χ3n) is 4.64. The Morgan fingerprint density at radius 1 is 1.38 bits per heavy atom. The second-order valence-corrected chi connectivity index (χ2v) is 6.94. The van der Waals surface area contributed by atoms with E-state index >= 15 is 0 Å². The summed E-state index contributed by atoms with van der Waals surface area (Å²) in [5, 5.41) is 6.97. The van der Waals surface area contributed by atoms with Gasteiger partial charge >= 0.3 is 0 Å². The topological polar surface area (TPSA) is 84.2 Å². The Balaban J connectivity index is 1.53. The molecule has 140 valence electrons. The molecule has 3 heterocycles. The van der Waals surface area contributed by atoms with Gasteiger partial charge in [0, 0.05) is 18.7 Å². The molecule has 1 fully saturated rings. The summed E-state index contributed by atoms with van der Waals surface area (Å²) in [5.41, 5.74) is 0.892. The minimum absolute atomic E-state index is 0.0296. The van der Waals surface area contributed by atoms with Gasteiger partial charge in [0.2, 0.25) is 11.8 Å². The van der Waals surface area contributed by atoms with E-state index in [1.807, 2.05) is 25.1 Å². The first-order chi connectivity index (χ1) is 12.6. The van der Waals surface area contributed by atoms with Gasteiger partial charge in [-0.15, -0.1) is 0 Å². The number of nitrogens with zero attached hydrogens (tertiary/aromatic N) is 4. The summed E-state index contributed by atoms with van der Waals surface area (Å²) >= 11 is 0. The smallest absolute Gasteiger partial charge is 0.240 e. The molecule has 3 rings (SSSR count). The first-order valence-electron chi connectivity index (χ1n) is 9.42. The highest BCUT2D eigenvalue weighted by atomic mass is 16.5. The number of hydrogen-bond acceptors (Lipinski definition) is 6. The van der Waals surface area contributed by atoms with E-state index < -0.39 is 0 Å². The van der Waals surface area contributed by atoms with Crippen LogP contribution < -0.4 is 5.32 Å². The molecule has 0 bridgehead atoms. The van der Waals surface area contributed by atoms with E-state index in [-0.39, 0.29) is 11.8 Å². The molecule has 1 atom stereocenters. The molecule has 2 aromatic heterocycles. The number of amides is 1. The molecule has 0 radical (unpaired) electrons. The molecule has 0 aliphatic carbocycles. The number of rotatable bonds is 7. The number of likely N-dealkylation sites (tertiary alicyclic amines) is 1. The van der Waals surface area contributed by atoms with Gasteiger partial charge in [-0.25, -0.2) is 4.98 Å². The number of hydrogen-bond donors (Lipinski definition) is 1. The first kappa shape index (κ1) is 18.5. The van der Waals surface area contributed by atoms with Crippen LogP contribution >= 0.6 is 0 Å². The van der Waals surface area contributed by atoms with E-state index in [1.54, 1.807) is 0 Å². The van der Waals surface area contributed by atoms with E-state index in [2.05, 4.69) is 32.3 Å². The zero-order valence-corrected chi connectivity index (χ0v) is 15.6. The van der Waals surface area contributed by atoms with Crippen LogP contribution in [0.15, 0.2) is 22.7 Å². The van der Waals surface area contributed by atoms with Gasteiger partial charge in [-0.05, 0) is 44.9 Å². The van der Waals surface area contributed by atoms with Crippen molar-refractivity contribution < 1.29 is 9.32 Å². The number of aryl methyl sites for hydroxylation is 2. The second-order valence-electron chi connectivity index (χ2n) is 6.94. The van der Waals surface area contributed by atoms with Crippen molar-refractivity contribution in [2.75, 3.05) is 18.4 Å². The Labute approximate surface area is 154 Å². The molecule has 0 spiro atoms. The van der Waals surface area contributed by atoms with Gasteiger partial charge in [-0.2, -0.15) is 4.98 Å². The van der Waals surface area contributed by atoms with Crippen molar-refractivity contribution in [1.29, 1.82) is 0 Å². The highest BCUT2D eigenvalue weighted by Crippen LogP contribution is 2.20. The van der Waals surface area contributed by atoms with Crippen LogP contribution in [0.4, 0.5) is 5.82 Å². The van der Waals surface area contributed by atoms with Crippen LogP contribution in [-0.2, 0) is 17.8 Å². The molecule has 1 aliphatic rings. The number of anilines is 1. The lowest BCUT2D eigenvalue weighted by atomic mass is 9.97. The molecule has 0 aromatic carbocycles. The van der Waals surface area contributed by atoms with E-state index in [1.165, 1.54) is 0 Å². The van der Waals surface area contributed by atoms with Crippen molar-refractivity contribution in [2.24, 2.45) is 5.92 Å². The van der Waals surface area contributed by atoms with Gasteiger partial charge in [0.1, 0.15) is 5.82 Å². The predicted octanol–water partition coefficient (Wildman–Crippen LogP) is 2.97. The summed E-state index contributed by atoms with van der Waals surface area (Å²) in [5.74, 6) is 2.01. The van der Waals surface area contributed by atoms with Crippen LogP contribution in [0.25, 0.3) is 0 Å². The maximum Gasteiger partial charge on any atom is 0.240 e. The number of carbonyl (C=O) groups excluding carboxylic acids is 1. The number of aromatic nitrogens is 3. The standard InChI is InChI=1S/C19H27N5O2/c1-3-4-9-17-21-18(26-23-17)13-24-11-6-8-15(12-24)19(25)22-16-10-5-7-14(2)20-16/h5,7,10,15H,3-4,6,8-9,11-13H2,1-2H3,(H,20,22,25). The van der Waals surface area contributed by atoms with E-state index in [4.69, 9.17) is 4.52 Å². The van der Waals surface area contributed by atoms with Gasteiger partial charge in [-0.3, -0.25) is 9.69 Å². The molecule has 1 aliphatic heterocycles. The Morgan fingerprint density at radius 2 is 2.27 bits per heavy atom. The summed E-state index contributed by atoms with van der Waals surface area (Å²) in [6, 6.07) is 5.63. The van der Waals surface area contributed by atoms with Crippen molar-refractivity contribution >= 4 is 11.7 Å². The van der Waals surface area contributed by atoms with E-state index in [0.29, 0.717) is 24.8 Å². The molecule has 1 amide bonds. The van der Waals surface area contributed by atoms with Crippen molar-refractivity contribution in [3.05, 3.63) is 35.6 Å². The van der Waals surface area contributed by atoms with Crippen molar-refractivity contribution in [3.8, 4) is 0 Å². The fraction of sp³-hybridized carbons (Fsp3) is 0.579. The molecule has 7 nitrogen and oxygen atoms in total. The molecule has 1 saturated heterocycles. The summed E-state index contributed by atoms with van der Waals surface area (Å²) in [7, 11) is 0.